The van der Waals surface area contributed by atoms with E-state index < -0.39 is 0 Å². The predicted octanol–water partition coefficient (Wildman–Crippen LogP) is 2.48. The van der Waals surface area contributed by atoms with Crippen molar-refractivity contribution in [3.63, 3.8) is 0 Å². The summed E-state index contributed by atoms with van der Waals surface area (Å²) < 4.78 is 5.43. The van der Waals surface area contributed by atoms with Gasteiger partial charge in [-0.2, -0.15) is 0 Å². The molecule has 1 unspecified atom stereocenters. The fraction of sp³-hybridized carbons (Fsp3) is 0.929. The van der Waals surface area contributed by atoms with Gasteiger partial charge >= 0.3 is 6.09 Å². The van der Waals surface area contributed by atoms with Crippen LogP contribution in [0.5, 0.6) is 0 Å². The maximum Gasteiger partial charge on any atom is 0.410 e. The molecule has 2 aliphatic heterocycles. The maximum absolute atomic E-state index is 12.0. The number of carbonyl (C=O) groups is 1. The Morgan fingerprint density at radius 2 is 1.78 bits per heavy atom. The van der Waals surface area contributed by atoms with E-state index in [4.69, 9.17) is 4.74 Å². The van der Waals surface area contributed by atoms with Gasteiger partial charge < -0.3 is 9.64 Å². The molecule has 2 heterocycles. The van der Waals surface area contributed by atoms with E-state index in [1.807, 2.05) is 25.7 Å². The van der Waals surface area contributed by atoms with E-state index in [1.165, 1.54) is 32.4 Å². The Bertz CT molecular complexity index is 293. The van der Waals surface area contributed by atoms with Crippen molar-refractivity contribution in [2.24, 2.45) is 0 Å². The van der Waals surface area contributed by atoms with Crippen LogP contribution in [0.3, 0.4) is 0 Å². The molecule has 0 aromatic rings. The second-order valence-corrected chi connectivity index (χ2v) is 6.47. The number of likely N-dealkylation sites (tertiary alicyclic amines) is 2. The Kier molecular flexibility index (Phi) is 4.15. The van der Waals surface area contributed by atoms with E-state index >= 15 is 0 Å². The minimum atomic E-state index is -0.389. The quantitative estimate of drug-likeness (QED) is 0.720. The minimum absolute atomic E-state index is 0.151. The lowest BCUT2D eigenvalue weighted by Gasteiger charge is -2.32. The van der Waals surface area contributed by atoms with Crippen LogP contribution in [-0.2, 0) is 4.74 Å². The Morgan fingerprint density at radius 1 is 1.11 bits per heavy atom. The Balaban J connectivity index is 1.82. The molecule has 2 fully saturated rings. The van der Waals surface area contributed by atoms with E-state index in [1.54, 1.807) is 0 Å². The van der Waals surface area contributed by atoms with Crippen molar-refractivity contribution in [2.75, 3.05) is 26.2 Å². The van der Waals surface area contributed by atoms with Crippen LogP contribution in [-0.4, -0.2) is 53.7 Å². The van der Waals surface area contributed by atoms with E-state index in [0.29, 0.717) is 6.04 Å². The molecular weight excluding hydrogens is 228 g/mol. The van der Waals surface area contributed by atoms with Gasteiger partial charge in [0.15, 0.2) is 0 Å². The molecule has 2 saturated heterocycles. The summed E-state index contributed by atoms with van der Waals surface area (Å²) in [6.07, 6.45) is 4.92. The first kappa shape index (κ1) is 13.7. The summed E-state index contributed by atoms with van der Waals surface area (Å²) in [5.74, 6) is 0. The Labute approximate surface area is 110 Å². The molecule has 2 aliphatic rings. The van der Waals surface area contributed by atoms with E-state index in [2.05, 4.69) is 4.90 Å². The fourth-order valence-electron chi connectivity index (χ4n) is 2.82. The summed E-state index contributed by atoms with van der Waals surface area (Å²) >= 11 is 0. The zero-order valence-electron chi connectivity index (χ0n) is 11.9. The van der Waals surface area contributed by atoms with Gasteiger partial charge in [-0.1, -0.05) is 6.42 Å². The first-order valence-corrected chi connectivity index (χ1v) is 7.18. The van der Waals surface area contributed by atoms with Gasteiger partial charge in [-0.3, -0.25) is 4.90 Å². The number of piperidine rings is 1. The van der Waals surface area contributed by atoms with Gasteiger partial charge in [0.25, 0.3) is 0 Å². The number of ether oxygens (including phenoxy) is 1. The molecule has 4 heteroatoms. The molecule has 0 saturated carbocycles. The van der Waals surface area contributed by atoms with Gasteiger partial charge in [0.1, 0.15) is 5.60 Å². The highest BCUT2D eigenvalue weighted by molar-refractivity contribution is 5.68. The highest BCUT2D eigenvalue weighted by Crippen LogP contribution is 2.21. The van der Waals surface area contributed by atoms with Crippen LogP contribution in [0, 0.1) is 0 Å². The number of amides is 1. The van der Waals surface area contributed by atoms with Crippen molar-refractivity contribution in [2.45, 2.75) is 58.1 Å². The van der Waals surface area contributed by atoms with Crippen molar-refractivity contribution < 1.29 is 9.53 Å². The van der Waals surface area contributed by atoms with Crippen LogP contribution >= 0.6 is 0 Å². The molecule has 0 aromatic heterocycles. The zero-order chi connectivity index (χ0) is 13.2. The SMILES string of the molecule is CC(C)(C)OC(=O)N1CCC(N2CCCCC2)C1. The molecule has 0 spiro atoms. The zero-order valence-corrected chi connectivity index (χ0v) is 11.9. The molecule has 0 radical (unpaired) electrons. The molecule has 1 amide bonds. The van der Waals surface area contributed by atoms with Gasteiger partial charge in [-0.15, -0.1) is 0 Å². The standard InChI is InChI=1S/C14H26N2O2/c1-14(2,3)18-13(17)16-10-7-12(11-16)15-8-5-4-6-9-15/h12H,4-11H2,1-3H3. The van der Waals surface area contributed by atoms with Gasteiger partial charge in [0.2, 0.25) is 0 Å². The average Bonchev–Trinajstić information content (AvgIpc) is 2.77. The van der Waals surface area contributed by atoms with Crippen LogP contribution < -0.4 is 0 Å². The summed E-state index contributed by atoms with van der Waals surface area (Å²) in [5, 5.41) is 0. The number of nitrogens with zero attached hydrogens (tertiary/aromatic N) is 2. The lowest BCUT2D eigenvalue weighted by atomic mass is 10.1. The molecule has 0 bridgehead atoms. The van der Waals surface area contributed by atoms with Crippen molar-refractivity contribution in [3.8, 4) is 0 Å². The van der Waals surface area contributed by atoms with Crippen molar-refractivity contribution in [3.05, 3.63) is 0 Å². The van der Waals surface area contributed by atoms with Gasteiger partial charge in [0, 0.05) is 19.1 Å². The highest BCUT2D eigenvalue weighted by Gasteiger charge is 2.33. The molecular formula is C14H26N2O2. The summed E-state index contributed by atoms with van der Waals surface area (Å²) in [5.41, 5.74) is -0.389. The Hall–Kier alpha value is -0.770. The number of hydrogen-bond donors (Lipinski definition) is 0. The smallest absolute Gasteiger partial charge is 0.410 e. The molecule has 0 N–H and O–H groups in total. The molecule has 0 aliphatic carbocycles. The third-order valence-corrected chi connectivity index (χ3v) is 3.72. The summed E-state index contributed by atoms with van der Waals surface area (Å²) in [6, 6.07) is 0.554. The monoisotopic (exact) mass is 254 g/mol. The van der Waals surface area contributed by atoms with Gasteiger partial charge in [-0.05, 0) is 53.1 Å². The van der Waals surface area contributed by atoms with Crippen LogP contribution in [0.25, 0.3) is 0 Å². The topological polar surface area (TPSA) is 32.8 Å². The highest BCUT2D eigenvalue weighted by atomic mass is 16.6. The van der Waals surface area contributed by atoms with Crippen molar-refractivity contribution in [1.82, 2.24) is 9.80 Å². The normalized spacial score (nSPS) is 26.4. The Morgan fingerprint density at radius 3 is 2.39 bits per heavy atom. The summed E-state index contributed by atoms with van der Waals surface area (Å²) in [4.78, 5) is 16.4. The fourth-order valence-corrected chi connectivity index (χ4v) is 2.82. The van der Waals surface area contributed by atoms with Crippen LogP contribution in [0.4, 0.5) is 4.79 Å². The summed E-state index contributed by atoms with van der Waals surface area (Å²) in [7, 11) is 0. The second-order valence-electron chi connectivity index (χ2n) is 6.47. The number of rotatable bonds is 1. The van der Waals surface area contributed by atoms with Gasteiger partial charge in [-0.25, -0.2) is 4.79 Å². The number of carbonyl (C=O) groups excluding carboxylic acids is 1. The maximum atomic E-state index is 12.0. The lowest BCUT2D eigenvalue weighted by Crippen LogP contribution is -2.42. The molecule has 1 atom stereocenters. The predicted molar refractivity (Wildman–Crippen MR) is 71.6 cm³/mol. The third kappa shape index (κ3) is 3.61. The lowest BCUT2D eigenvalue weighted by molar-refractivity contribution is 0.0277. The largest absolute Gasteiger partial charge is 0.444 e. The number of hydrogen-bond acceptors (Lipinski definition) is 3. The average molecular weight is 254 g/mol. The van der Waals surface area contributed by atoms with Gasteiger partial charge in [0.05, 0.1) is 0 Å². The van der Waals surface area contributed by atoms with Crippen molar-refractivity contribution >= 4 is 6.09 Å². The summed E-state index contributed by atoms with van der Waals surface area (Å²) in [6.45, 7) is 9.85. The van der Waals surface area contributed by atoms with Crippen LogP contribution in [0.15, 0.2) is 0 Å². The molecule has 18 heavy (non-hydrogen) atoms. The molecule has 104 valence electrons. The van der Waals surface area contributed by atoms with E-state index in [9.17, 15) is 4.79 Å². The first-order chi connectivity index (χ1) is 8.46. The van der Waals surface area contributed by atoms with Crippen molar-refractivity contribution in [1.29, 1.82) is 0 Å². The molecule has 0 aromatic carbocycles. The first-order valence-electron chi connectivity index (χ1n) is 7.18. The van der Waals surface area contributed by atoms with Crippen LogP contribution in [0.2, 0.25) is 0 Å². The third-order valence-electron chi connectivity index (χ3n) is 3.72. The molecule has 4 nitrogen and oxygen atoms in total. The van der Waals surface area contributed by atoms with E-state index in [0.717, 1.165) is 19.5 Å². The van der Waals surface area contributed by atoms with Crippen LogP contribution in [0.1, 0.15) is 46.5 Å². The second kappa shape index (κ2) is 5.47. The van der Waals surface area contributed by atoms with E-state index in [-0.39, 0.29) is 11.7 Å². The molecule has 2 rings (SSSR count). The minimum Gasteiger partial charge on any atom is -0.444 e.